The van der Waals surface area contributed by atoms with Gasteiger partial charge < -0.3 is 14.6 Å². The van der Waals surface area contributed by atoms with Crippen LogP contribution >= 0.6 is 0 Å². The van der Waals surface area contributed by atoms with Gasteiger partial charge in [-0.1, -0.05) is 12.1 Å². The van der Waals surface area contributed by atoms with Crippen molar-refractivity contribution < 1.29 is 27.6 Å². The number of carbonyl (C=O) groups excluding carboxylic acids is 1. The number of fused-ring (bicyclic) bond motifs is 1. The Morgan fingerprint density at radius 3 is 2.50 bits per heavy atom. The van der Waals surface area contributed by atoms with Crippen LogP contribution in [0.2, 0.25) is 0 Å². The van der Waals surface area contributed by atoms with Crippen LogP contribution in [0.15, 0.2) is 48.7 Å². The van der Waals surface area contributed by atoms with E-state index in [1.807, 2.05) is 0 Å². The zero-order valence-corrected chi connectivity index (χ0v) is 14.5. The highest BCUT2D eigenvalue weighted by atomic mass is 19.4. The molecule has 146 valence electrons. The number of amides is 1. The number of nitrogens with zero attached hydrogens (tertiary/aromatic N) is 2. The largest absolute Gasteiger partial charge is 0.573 e. The third kappa shape index (κ3) is 4.22. The summed E-state index contributed by atoms with van der Waals surface area (Å²) in [4.78, 5) is 27.4. The molecule has 0 aliphatic rings. The normalized spacial score (nSPS) is 11.4. The minimum atomic E-state index is -4.77. The van der Waals surface area contributed by atoms with Gasteiger partial charge in [0.2, 0.25) is 0 Å². The van der Waals surface area contributed by atoms with E-state index in [1.165, 1.54) is 48.5 Å². The smallest absolute Gasteiger partial charge is 0.406 e. The Hall–Kier alpha value is -3.56. The van der Waals surface area contributed by atoms with E-state index in [9.17, 15) is 28.1 Å². The van der Waals surface area contributed by atoms with E-state index in [4.69, 9.17) is 0 Å². The fraction of sp³-hybridized carbons (Fsp3) is 0.167. The number of rotatable bonds is 5. The van der Waals surface area contributed by atoms with E-state index in [2.05, 4.69) is 9.72 Å². The zero-order chi connectivity index (χ0) is 20.5. The van der Waals surface area contributed by atoms with Crippen molar-refractivity contribution in [2.24, 2.45) is 0 Å². The molecule has 0 saturated carbocycles. The molecule has 0 bridgehead atoms. The second-order valence-electron chi connectivity index (χ2n) is 6.04. The Bertz CT molecular complexity index is 1030. The standard InChI is InChI=1S/C18H14F3N3O4/c1-23(10-11-2-5-13(6-3-11)28-18(19,20)21)17(25)15-9-22-16-7-4-12(24(26)27)8-14(15)16/h2-9,22H,10H2,1H3. The van der Waals surface area contributed by atoms with Crippen molar-refractivity contribution in [1.29, 1.82) is 0 Å². The number of non-ortho nitro benzene ring substituents is 1. The summed E-state index contributed by atoms with van der Waals surface area (Å²) in [6, 6.07) is 9.34. The molecule has 28 heavy (non-hydrogen) atoms. The van der Waals surface area contributed by atoms with Gasteiger partial charge in [-0.2, -0.15) is 0 Å². The number of hydrogen-bond donors (Lipinski definition) is 1. The van der Waals surface area contributed by atoms with Crippen LogP contribution in [0.3, 0.4) is 0 Å². The number of carbonyl (C=O) groups is 1. The van der Waals surface area contributed by atoms with E-state index in [1.54, 1.807) is 0 Å². The van der Waals surface area contributed by atoms with Crippen LogP contribution in [-0.4, -0.2) is 34.1 Å². The summed E-state index contributed by atoms with van der Waals surface area (Å²) < 4.78 is 40.4. The molecule has 0 atom stereocenters. The second kappa shape index (κ2) is 7.22. The van der Waals surface area contributed by atoms with Crippen molar-refractivity contribution in [1.82, 2.24) is 9.88 Å². The third-order valence-corrected chi connectivity index (χ3v) is 4.03. The lowest BCUT2D eigenvalue weighted by molar-refractivity contribution is -0.384. The molecule has 1 heterocycles. The number of benzene rings is 2. The van der Waals surface area contributed by atoms with E-state index in [-0.39, 0.29) is 29.5 Å². The molecule has 0 aliphatic heterocycles. The van der Waals surface area contributed by atoms with Crippen LogP contribution in [0.4, 0.5) is 18.9 Å². The van der Waals surface area contributed by atoms with Gasteiger partial charge in [-0.3, -0.25) is 14.9 Å². The van der Waals surface area contributed by atoms with Crippen LogP contribution in [-0.2, 0) is 6.54 Å². The number of nitrogens with one attached hydrogen (secondary N) is 1. The summed E-state index contributed by atoms with van der Waals surface area (Å²) in [5.41, 5.74) is 1.30. The summed E-state index contributed by atoms with van der Waals surface area (Å²) in [5.74, 6) is -0.739. The lowest BCUT2D eigenvalue weighted by atomic mass is 10.1. The van der Waals surface area contributed by atoms with E-state index in [0.29, 0.717) is 16.5 Å². The minimum Gasteiger partial charge on any atom is -0.406 e. The van der Waals surface area contributed by atoms with E-state index in [0.717, 1.165) is 12.1 Å². The van der Waals surface area contributed by atoms with Crippen LogP contribution in [0.25, 0.3) is 10.9 Å². The van der Waals surface area contributed by atoms with Gasteiger partial charge in [-0.15, -0.1) is 13.2 Å². The molecule has 0 fully saturated rings. The number of nitro groups is 1. The summed E-state index contributed by atoms with van der Waals surface area (Å²) in [5, 5.41) is 11.4. The highest BCUT2D eigenvalue weighted by Crippen LogP contribution is 2.26. The SMILES string of the molecule is CN(Cc1ccc(OC(F)(F)F)cc1)C(=O)c1c[nH]c2ccc([N+](=O)[O-])cc12. The first-order valence-electron chi connectivity index (χ1n) is 8.00. The van der Waals surface area contributed by atoms with Crippen molar-refractivity contribution in [3.05, 3.63) is 69.9 Å². The predicted octanol–water partition coefficient (Wildman–Crippen LogP) is 4.25. The Morgan fingerprint density at radius 1 is 1.21 bits per heavy atom. The molecule has 0 spiro atoms. The number of nitro benzene ring substituents is 1. The summed E-state index contributed by atoms with van der Waals surface area (Å²) in [6.45, 7) is 0.132. The molecule has 1 aromatic heterocycles. The van der Waals surface area contributed by atoms with Crippen molar-refractivity contribution >= 4 is 22.5 Å². The molecule has 7 nitrogen and oxygen atoms in total. The van der Waals surface area contributed by atoms with Gasteiger partial charge in [0, 0.05) is 42.8 Å². The van der Waals surface area contributed by atoms with Crippen molar-refractivity contribution in [3.8, 4) is 5.75 Å². The van der Waals surface area contributed by atoms with E-state index >= 15 is 0 Å². The van der Waals surface area contributed by atoms with Gasteiger partial charge in [0.05, 0.1) is 10.5 Å². The molecule has 3 rings (SSSR count). The average Bonchev–Trinajstić information content (AvgIpc) is 3.04. The number of alkyl halides is 3. The molecule has 0 unspecified atom stereocenters. The molecule has 1 amide bonds. The zero-order valence-electron chi connectivity index (χ0n) is 14.5. The molecule has 0 radical (unpaired) electrons. The molecular weight excluding hydrogens is 379 g/mol. The quantitative estimate of drug-likeness (QED) is 0.519. The van der Waals surface area contributed by atoms with Crippen LogP contribution in [0.1, 0.15) is 15.9 Å². The Morgan fingerprint density at radius 2 is 1.89 bits per heavy atom. The number of ether oxygens (including phenoxy) is 1. The Labute approximate surface area is 156 Å². The first-order valence-corrected chi connectivity index (χ1v) is 8.00. The molecule has 10 heteroatoms. The second-order valence-corrected chi connectivity index (χ2v) is 6.04. The lowest BCUT2D eigenvalue weighted by Gasteiger charge is -2.17. The van der Waals surface area contributed by atoms with Gasteiger partial charge >= 0.3 is 6.36 Å². The number of halogens is 3. The number of aromatic amines is 1. The van der Waals surface area contributed by atoms with Gasteiger partial charge in [-0.25, -0.2) is 0 Å². The van der Waals surface area contributed by atoms with Crippen molar-refractivity contribution in [2.75, 3.05) is 7.05 Å². The van der Waals surface area contributed by atoms with Crippen LogP contribution in [0, 0.1) is 10.1 Å². The number of H-pyrrole nitrogens is 1. The molecule has 3 aromatic rings. The highest BCUT2D eigenvalue weighted by molar-refractivity contribution is 6.07. The molecule has 0 aliphatic carbocycles. The number of aromatic nitrogens is 1. The maximum absolute atomic E-state index is 12.7. The molecule has 1 N–H and O–H groups in total. The molecular formula is C18H14F3N3O4. The topological polar surface area (TPSA) is 88.5 Å². The average molecular weight is 393 g/mol. The molecule has 2 aromatic carbocycles. The maximum atomic E-state index is 12.7. The van der Waals surface area contributed by atoms with Crippen molar-refractivity contribution in [2.45, 2.75) is 12.9 Å². The van der Waals surface area contributed by atoms with Gasteiger partial charge in [0.25, 0.3) is 11.6 Å². The fourth-order valence-corrected chi connectivity index (χ4v) is 2.75. The van der Waals surface area contributed by atoms with Crippen LogP contribution in [0.5, 0.6) is 5.75 Å². The van der Waals surface area contributed by atoms with E-state index < -0.39 is 11.3 Å². The van der Waals surface area contributed by atoms with Gasteiger partial charge in [-0.05, 0) is 23.8 Å². The minimum absolute atomic E-state index is 0.132. The Balaban J connectivity index is 1.77. The highest BCUT2D eigenvalue weighted by Gasteiger charge is 2.31. The monoisotopic (exact) mass is 393 g/mol. The third-order valence-electron chi connectivity index (χ3n) is 4.03. The Kier molecular flexibility index (Phi) is 4.95. The number of hydrogen-bond acceptors (Lipinski definition) is 4. The molecule has 0 saturated heterocycles. The maximum Gasteiger partial charge on any atom is 0.573 e. The first kappa shape index (κ1) is 19.2. The lowest BCUT2D eigenvalue weighted by Crippen LogP contribution is -2.26. The summed E-state index contributed by atoms with van der Waals surface area (Å²) in [7, 11) is 1.53. The fourth-order valence-electron chi connectivity index (χ4n) is 2.75. The predicted molar refractivity (Wildman–Crippen MR) is 93.9 cm³/mol. The summed E-state index contributed by atoms with van der Waals surface area (Å²) >= 11 is 0. The van der Waals surface area contributed by atoms with Crippen LogP contribution < -0.4 is 4.74 Å². The van der Waals surface area contributed by atoms with Gasteiger partial charge in [0.1, 0.15) is 5.75 Å². The van der Waals surface area contributed by atoms with Crippen molar-refractivity contribution in [3.63, 3.8) is 0 Å². The summed E-state index contributed by atoms with van der Waals surface area (Å²) in [6.07, 6.45) is -3.31. The van der Waals surface area contributed by atoms with Gasteiger partial charge in [0.15, 0.2) is 0 Å². The first-order chi connectivity index (χ1) is 13.1.